The summed E-state index contributed by atoms with van der Waals surface area (Å²) in [5.41, 5.74) is 1.60. The lowest BCUT2D eigenvalue weighted by Gasteiger charge is -2.24. The molecule has 0 spiro atoms. The van der Waals surface area contributed by atoms with Gasteiger partial charge in [0.2, 0.25) is 5.91 Å². The van der Waals surface area contributed by atoms with Gasteiger partial charge in [0.05, 0.1) is 11.8 Å². The molecule has 4 aromatic rings. The second-order valence-electron chi connectivity index (χ2n) is 7.78. The summed E-state index contributed by atoms with van der Waals surface area (Å²) in [5.74, 6) is -0.0587. The molecule has 1 unspecified atom stereocenters. The number of carbonyl (C=O) groups is 2. The van der Waals surface area contributed by atoms with E-state index in [1.807, 2.05) is 36.4 Å². The van der Waals surface area contributed by atoms with Gasteiger partial charge in [-0.15, -0.1) is 0 Å². The van der Waals surface area contributed by atoms with Crippen molar-refractivity contribution in [2.45, 2.75) is 18.9 Å². The van der Waals surface area contributed by atoms with E-state index in [1.54, 1.807) is 35.4 Å². The fourth-order valence-electron chi connectivity index (χ4n) is 4.20. The lowest BCUT2D eigenvalue weighted by molar-refractivity contribution is -0.119. The van der Waals surface area contributed by atoms with Crippen LogP contribution in [0.5, 0.6) is 5.75 Å². The zero-order chi connectivity index (χ0) is 22.1. The van der Waals surface area contributed by atoms with Crippen LogP contribution < -0.4 is 5.32 Å². The molecule has 1 fully saturated rings. The number of aromatic nitrogens is 1. The number of rotatable bonds is 4. The lowest BCUT2D eigenvalue weighted by Crippen LogP contribution is -2.43. The Balaban J connectivity index is 1.37. The Kier molecular flexibility index (Phi) is 5.07. The summed E-state index contributed by atoms with van der Waals surface area (Å²) < 4.78 is 5.32. The van der Waals surface area contributed by atoms with Crippen molar-refractivity contribution in [2.75, 3.05) is 11.9 Å². The van der Waals surface area contributed by atoms with Crippen LogP contribution in [0.25, 0.3) is 22.1 Å². The average Bonchev–Trinajstić information content (AvgIpc) is 3.52. The number of hydrogen-bond donors (Lipinski definition) is 2. The van der Waals surface area contributed by atoms with E-state index in [0.717, 1.165) is 17.4 Å². The molecule has 0 aliphatic carbocycles. The highest BCUT2D eigenvalue weighted by Gasteiger charge is 2.35. The molecule has 3 aromatic carbocycles. The van der Waals surface area contributed by atoms with Gasteiger partial charge in [-0.1, -0.05) is 42.5 Å². The third kappa shape index (κ3) is 3.58. The van der Waals surface area contributed by atoms with Crippen molar-refractivity contribution >= 4 is 28.3 Å². The zero-order valence-electron chi connectivity index (χ0n) is 17.2. The molecule has 160 valence electrons. The van der Waals surface area contributed by atoms with Gasteiger partial charge in [0.1, 0.15) is 11.8 Å². The predicted molar refractivity (Wildman–Crippen MR) is 120 cm³/mol. The third-order valence-electron chi connectivity index (χ3n) is 5.79. The number of phenolic OH excluding ortho intramolecular Hbond substituents is 1. The number of benzene rings is 3. The molecule has 7 heteroatoms. The minimum atomic E-state index is -0.609. The largest absolute Gasteiger partial charge is 0.506 e. The van der Waals surface area contributed by atoms with Gasteiger partial charge in [-0.3, -0.25) is 9.59 Å². The van der Waals surface area contributed by atoms with E-state index in [9.17, 15) is 14.7 Å². The normalized spacial score (nSPS) is 15.8. The van der Waals surface area contributed by atoms with Crippen LogP contribution in [0.2, 0.25) is 0 Å². The summed E-state index contributed by atoms with van der Waals surface area (Å²) in [4.78, 5) is 31.8. The van der Waals surface area contributed by atoms with E-state index in [-0.39, 0.29) is 23.1 Å². The first-order valence-corrected chi connectivity index (χ1v) is 10.4. The molecular weight excluding hydrogens is 406 g/mol. The average molecular weight is 427 g/mol. The van der Waals surface area contributed by atoms with Crippen molar-refractivity contribution in [3.63, 3.8) is 0 Å². The number of oxazole rings is 1. The number of aromatic hydroxyl groups is 1. The first-order valence-electron chi connectivity index (χ1n) is 10.4. The summed E-state index contributed by atoms with van der Waals surface area (Å²) in [6.07, 6.45) is 4.24. The lowest BCUT2D eigenvalue weighted by atomic mass is 10.0. The predicted octanol–water partition coefficient (Wildman–Crippen LogP) is 4.44. The molecule has 32 heavy (non-hydrogen) atoms. The van der Waals surface area contributed by atoms with Crippen LogP contribution in [0.3, 0.4) is 0 Å². The molecule has 0 saturated carbocycles. The molecule has 1 aromatic heterocycles. The molecule has 7 nitrogen and oxygen atoms in total. The fourth-order valence-corrected chi connectivity index (χ4v) is 4.20. The van der Waals surface area contributed by atoms with Gasteiger partial charge in [-0.25, -0.2) is 4.98 Å². The number of fused-ring (bicyclic) bond motifs is 1. The molecule has 2 amide bonds. The van der Waals surface area contributed by atoms with Crippen molar-refractivity contribution in [1.82, 2.24) is 9.88 Å². The number of nitrogens with zero attached hydrogens (tertiary/aromatic N) is 2. The summed E-state index contributed by atoms with van der Waals surface area (Å²) in [5, 5.41) is 15.1. The van der Waals surface area contributed by atoms with E-state index < -0.39 is 6.04 Å². The Bertz CT molecular complexity index is 1300. The summed E-state index contributed by atoms with van der Waals surface area (Å²) in [6, 6.07) is 17.4. The van der Waals surface area contributed by atoms with Gasteiger partial charge in [0.25, 0.3) is 5.91 Å². The summed E-state index contributed by atoms with van der Waals surface area (Å²) >= 11 is 0. The maximum atomic E-state index is 13.3. The van der Waals surface area contributed by atoms with E-state index in [4.69, 9.17) is 4.42 Å². The quantitative estimate of drug-likeness (QED) is 0.502. The monoisotopic (exact) mass is 427 g/mol. The van der Waals surface area contributed by atoms with Crippen LogP contribution in [-0.2, 0) is 4.79 Å². The SMILES string of the molecule is O=C(Nc1cccc(-c2cnco2)c1)C1CCCN1C(=O)c1ccc2ccccc2c1O. The fraction of sp³-hybridized carbons (Fsp3) is 0.160. The number of amides is 2. The van der Waals surface area contributed by atoms with Gasteiger partial charge < -0.3 is 19.7 Å². The van der Waals surface area contributed by atoms with Gasteiger partial charge in [-0.05, 0) is 36.4 Å². The van der Waals surface area contributed by atoms with Crippen molar-refractivity contribution in [2.24, 2.45) is 0 Å². The van der Waals surface area contributed by atoms with Gasteiger partial charge in [-0.2, -0.15) is 0 Å². The van der Waals surface area contributed by atoms with Crippen LogP contribution >= 0.6 is 0 Å². The van der Waals surface area contributed by atoms with Crippen LogP contribution in [-0.4, -0.2) is 39.4 Å². The Hall–Kier alpha value is -4.13. The van der Waals surface area contributed by atoms with Crippen LogP contribution in [0.1, 0.15) is 23.2 Å². The molecule has 0 bridgehead atoms. The molecule has 5 rings (SSSR count). The summed E-state index contributed by atoms with van der Waals surface area (Å²) in [6.45, 7) is 0.460. The molecular formula is C25H21N3O4. The van der Waals surface area contributed by atoms with Gasteiger partial charge >= 0.3 is 0 Å². The first kappa shape index (κ1) is 19.8. The van der Waals surface area contributed by atoms with Gasteiger partial charge in [0, 0.05) is 23.2 Å². The number of hydrogen-bond acceptors (Lipinski definition) is 5. The third-order valence-corrected chi connectivity index (χ3v) is 5.79. The second-order valence-corrected chi connectivity index (χ2v) is 7.78. The first-order chi connectivity index (χ1) is 15.6. The van der Waals surface area contributed by atoms with Crippen molar-refractivity contribution in [3.8, 4) is 17.1 Å². The van der Waals surface area contributed by atoms with E-state index in [2.05, 4.69) is 10.3 Å². The van der Waals surface area contributed by atoms with Crippen LogP contribution in [0.4, 0.5) is 5.69 Å². The van der Waals surface area contributed by atoms with Crippen LogP contribution in [0, 0.1) is 0 Å². The maximum Gasteiger partial charge on any atom is 0.258 e. The molecule has 2 heterocycles. The number of carbonyl (C=O) groups excluding carboxylic acids is 2. The molecule has 1 saturated heterocycles. The molecule has 2 N–H and O–H groups in total. The van der Waals surface area contributed by atoms with E-state index in [0.29, 0.717) is 29.8 Å². The minimum absolute atomic E-state index is 0.0566. The van der Waals surface area contributed by atoms with E-state index >= 15 is 0 Å². The maximum absolute atomic E-state index is 13.3. The Labute approximate surface area is 184 Å². The number of likely N-dealkylation sites (tertiary alicyclic amines) is 1. The highest BCUT2D eigenvalue weighted by Crippen LogP contribution is 2.31. The summed E-state index contributed by atoms with van der Waals surface area (Å²) in [7, 11) is 0. The molecule has 1 atom stereocenters. The Morgan fingerprint density at radius 3 is 2.81 bits per heavy atom. The smallest absolute Gasteiger partial charge is 0.258 e. The molecule has 1 aliphatic heterocycles. The standard InChI is InChI=1S/C25H21N3O4/c29-23-19-8-2-1-5-16(19)10-11-20(23)25(31)28-12-4-9-21(28)24(30)27-18-7-3-6-17(13-18)22-14-26-15-32-22/h1-3,5-8,10-11,13-15,21,29H,4,9,12H2,(H,27,30). The molecule has 0 radical (unpaired) electrons. The number of phenols is 1. The number of anilines is 1. The van der Waals surface area contributed by atoms with Crippen molar-refractivity contribution < 1.29 is 19.1 Å². The highest BCUT2D eigenvalue weighted by molar-refractivity contribution is 6.06. The van der Waals surface area contributed by atoms with Crippen LogP contribution in [0.15, 0.2) is 77.7 Å². The van der Waals surface area contributed by atoms with Gasteiger partial charge in [0.15, 0.2) is 12.2 Å². The number of nitrogens with one attached hydrogen (secondary N) is 1. The second kappa shape index (κ2) is 8.19. The highest BCUT2D eigenvalue weighted by atomic mass is 16.3. The minimum Gasteiger partial charge on any atom is -0.506 e. The Morgan fingerprint density at radius 2 is 1.97 bits per heavy atom. The zero-order valence-corrected chi connectivity index (χ0v) is 17.2. The molecule has 1 aliphatic rings. The van der Waals surface area contributed by atoms with E-state index in [1.165, 1.54) is 6.39 Å². The van der Waals surface area contributed by atoms with Crippen molar-refractivity contribution in [1.29, 1.82) is 0 Å². The Morgan fingerprint density at radius 1 is 1.09 bits per heavy atom. The van der Waals surface area contributed by atoms with Crippen molar-refractivity contribution in [3.05, 3.63) is 78.8 Å². The topological polar surface area (TPSA) is 95.7 Å².